The molecule has 1 aromatic carbocycles. The molecule has 0 atom stereocenters. The van der Waals surface area contributed by atoms with Crippen molar-refractivity contribution in [2.45, 2.75) is 19.9 Å². The van der Waals surface area contributed by atoms with Gasteiger partial charge in [-0.2, -0.15) is 5.10 Å². The van der Waals surface area contributed by atoms with Crippen LogP contribution < -0.4 is 5.32 Å². The molecule has 1 aliphatic heterocycles. The molecule has 0 fully saturated rings. The summed E-state index contributed by atoms with van der Waals surface area (Å²) in [5, 5.41) is 17.5. The van der Waals surface area contributed by atoms with Crippen LogP contribution in [-0.2, 0) is 20.0 Å². The zero-order valence-electron chi connectivity index (χ0n) is 13.0. The maximum Gasteiger partial charge on any atom is 0.354 e. The van der Waals surface area contributed by atoms with Crippen LogP contribution in [-0.4, -0.2) is 37.4 Å². The summed E-state index contributed by atoms with van der Waals surface area (Å²) in [4.78, 5) is 13.4. The van der Waals surface area contributed by atoms with Gasteiger partial charge >= 0.3 is 5.97 Å². The van der Waals surface area contributed by atoms with Crippen molar-refractivity contribution < 1.29 is 9.90 Å². The molecule has 23 heavy (non-hydrogen) atoms. The van der Waals surface area contributed by atoms with Gasteiger partial charge in [0.25, 0.3) is 0 Å². The number of fused-ring (bicyclic) bond motifs is 1. The van der Waals surface area contributed by atoms with E-state index in [1.807, 2.05) is 36.1 Å². The van der Waals surface area contributed by atoms with E-state index >= 15 is 0 Å². The fourth-order valence-corrected chi connectivity index (χ4v) is 3.12. The monoisotopic (exact) mass is 330 g/mol. The van der Waals surface area contributed by atoms with Gasteiger partial charge in [-0.05, 0) is 30.8 Å². The average Bonchev–Trinajstić information content (AvgIpc) is 2.84. The molecule has 3 rings (SSSR count). The molecule has 2 heterocycles. The molecule has 1 aromatic heterocycles. The van der Waals surface area contributed by atoms with Crippen molar-refractivity contribution in [1.29, 1.82) is 0 Å². The summed E-state index contributed by atoms with van der Waals surface area (Å²) < 4.78 is 1.44. The highest BCUT2D eigenvalue weighted by Gasteiger charge is 2.28. The van der Waals surface area contributed by atoms with Gasteiger partial charge in [-0.3, -0.25) is 4.68 Å². The molecule has 0 bridgehead atoms. The topological polar surface area (TPSA) is 70.4 Å². The van der Waals surface area contributed by atoms with Gasteiger partial charge in [-0.1, -0.05) is 18.2 Å². The Labute approximate surface area is 139 Å². The lowest BCUT2D eigenvalue weighted by Crippen LogP contribution is -2.39. The molecule has 1 aliphatic rings. The number of benzene rings is 1. The molecule has 0 saturated carbocycles. The number of carbonyl (C=O) groups is 1. The van der Waals surface area contributed by atoms with Crippen LogP contribution in [0.2, 0.25) is 0 Å². The Balaban J connectivity index is 1.80. The minimum atomic E-state index is -0.958. The number of aryl methyl sites for hydroxylation is 2. The van der Waals surface area contributed by atoms with Gasteiger partial charge in [0.15, 0.2) is 10.8 Å². The number of anilines is 1. The summed E-state index contributed by atoms with van der Waals surface area (Å²) >= 11 is 5.50. The quantitative estimate of drug-likeness (QED) is 0.823. The summed E-state index contributed by atoms with van der Waals surface area (Å²) in [6.07, 6.45) is 0.687. The number of aromatic nitrogens is 2. The normalized spacial score (nSPS) is 13.6. The molecule has 0 aliphatic carbocycles. The predicted molar refractivity (Wildman–Crippen MR) is 91.7 cm³/mol. The Bertz CT molecular complexity index is 784. The van der Waals surface area contributed by atoms with E-state index in [1.165, 1.54) is 4.68 Å². The van der Waals surface area contributed by atoms with Crippen LogP contribution in [0.15, 0.2) is 24.3 Å². The third kappa shape index (κ3) is 2.92. The summed E-state index contributed by atoms with van der Waals surface area (Å²) in [6, 6.07) is 7.92. The molecule has 0 unspecified atom stereocenters. The molecule has 0 amide bonds. The smallest absolute Gasteiger partial charge is 0.354 e. The third-order valence-corrected chi connectivity index (χ3v) is 4.43. The van der Waals surface area contributed by atoms with E-state index in [1.54, 1.807) is 7.05 Å². The van der Waals surface area contributed by atoms with E-state index in [9.17, 15) is 9.90 Å². The van der Waals surface area contributed by atoms with Gasteiger partial charge in [0, 0.05) is 37.8 Å². The Morgan fingerprint density at radius 3 is 2.83 bits per heavy atom. The zero-order valence-corrected chi connectivity index (χ0v) is 13.9. The number of hydrogen-bond acceptors (Lipinski definition) is 3. The van der Waals surface area contributed by atoms with Crippen molar-refractivity contribution in [3.63, 3.8) is 0 Å². The predicted octanol–water partition coefficient (Wildman–Crippen LogP) is 2.18. The number of nitrogens with one attached hydrogen (secondary N) is 1. The Hall–Kier alpha value is -2.41. The first-order chi connectivity index (χ1) is 11.0. The standard InChI is InChI=1S/C16H18N4O2S/c1-10-5-3-4-6-12(10)17-16(23)20-8-7-13-11(9-20)14(15(21)22)19(2)18-13/h3-6H,7-9H2,1-2H3,(H,17,23)(H,21,22). The van der Waals surface area contributed by atoms with Gasteiger partial charge in [0.05, 0.1) is 5.69 Å². The van der Waals surface area contributed by atoms with Crippen LogP contribution in [0.1, 0.15) is 27.3 Å². The average molecular weight is 330 g/mol. The largest absolute Gasteiger partial charge is 0.477 e. The first-order valence-corrected chi connectivity index (χ1v) is 7.78. The van der Waals surface area contributed by atoms with Crippen molar-refractivity contribution >= 4 is 29.0 Å². The first kappa shape index (κ1) is 15.5. The van der Waals surface area contributed by atoms with E-state index in [2.05, 4.69) is 10.4 Å². The van der Waals surface area contributed by atoms with Crippen molar-refractivity contribution in [1.82, 2.24) is 14.7 Å². The van der Waals surface area contributed by atoms with Crippen LogP contribution in [0.3, 0.4) is 0 Å². The number of para-hydroxylation sites is 1. The summed E-state index contributed by atoms with van der Waals surface area (Å²) in [5.74, 6) is -0.958. The maximum absolute atomic E-state index is 11.4. The fraction of sp³-hybridized carbons (Fsp3) is 0.312. The lowest BCUT2D eigenvalue weighted by molar-refractivity contribution is 0.0683. The molecule has 6 nitrogen and oxygen atoms in total. The maximum atomic E-state index is 11.4. The van der Waals surface area contributed by atoms with Crippen molar-refractivity contribution in [2.24, 2.45) is 7.05 Å². The van der Waals surface area contributed by atoms with Gasteiger partial charge in [0.1, 0.15) is 0 Å². The Morgan fingerprint density at radius 2 is 2.13 bits per heavy atom. The molecule has 0 radical (unpaired) electrons. The van der Waals surface area contributed by atoms with Gasteiger partial charge in [0.2, 0.25) is 0 Å². The van der Waals surface area contributed by atoms with Crippen molar-refractivity contribution in [3.05, 3.63) is 46.8 Å². The van der Waals surface area contributed by atoms with E-state index in [-0.39, 0.29) is 5.69 Å². The molecule has 2 N–H and O–H groups in total. The molecular weight excluding hydrogens is 312 g/mol. The minimum Gasteiger partial charge on any atom is -0.477 e. The van der Waals surface area contributed by atoms with Gasteiger partial charge in [-0.15, -0.1) is 0 Å². The summed E-state index contributed by atoms with van der Waals surface area (Å²) in [7, 11) is 1.66. The van der Waals surface area contributed by atoms with Crippen LogP contribution in [0, 0.1) is 6.92 Å². The lowest BCUT2D eigenvalue weighted by Gasteiger charge is -2.29. The van der Waals surface area contributed by atoms with Crippen LogP contribution >= 0.6 is 12.2 Å². The molecule has 0 saturated heterocycles. The number of carboxylic acid groups (broad SMARTS) is 1. The van der Waals surface area contributed by atoms with Crippen LogP contribution in [0.25, 0.3) is 0 Å². The van der Waals surface area contributed by atoms with E-state index < -0.39 is 5.97 Å². The SMILES string of the molecule is Cc1ccccc1NC(=S)N1CCc2nn(C)c(C(=O)O)c2C1. The van der Waals surface area contributed by atoms with E-state index in [4.69, 9.17) is 12.2 Å². The minimum absolute atomic E-state index is 0.239. The highest BCUT2D eigenvalue weighted by atomic mass is 32.1. The number of rotatable bonds is 2. The molecular formula is C16H18N4O2S. The second kappa shape index (κ2) is 6.00. The molecule has 0 spiro atoms. The molecule has 2 aromatic rings. The van der Waals surface area contributed by atoms with E-state index in [0.29, 0.717) is 18.1 Å². The second-order valence-electron chi connectivity index (χ2n) is 5.62. The number of hydrogen-bond donors (Lipinski definition) is 2. The lowest BCUT2D eigenvalue weighted by atomic mass is 10.1. The molecule has 120 valence electrons. The number of nitrogens with zero attached hydrogens (tertiary/aromatic N) is 3. The van der Waals surface area contributed by atoms with Crippen molar-refractivity contribution in [3.8, 4) is 0 Å². The number of thiocarbonyl (C=S) groups is 1. The van der Waals surface area contributed by atoms with Crippen molar-refractivity contribution in [2.75, 3.05) is 11.9 Å². The summed E-state index contributed by atoms with van der Waals surface area (Å²) in [6.45, 7) is 3.20. The number of carboxylic acids is 1. The van der Waals surface area contributed by atoms with Gasteiger partial charge < -0.3 is 15.3 Å². The highest BCUT2D eigenvalue weighted by Crippen LogP contribution is 2.23. The Kier molecular flexibility index (Phi) is 4.04. The molecule has 7 heteroatoms. The third-order valence-electron chi connectivity index (χ3n) is 4.07. The zero-order chi connectivity index (χ0) is 16.6. The number of aromatic carboxylic acids is 1. The van der Waals surface area contributed by atoms with Crippen LogP contribution in [0.4, 0.5) is 5.69 Å². The Morgan fingerprint density at radius 1 is 1.39 bits per heavy atom. The first-order valence-electron chi connectivity index (χ1n) is 7.37. The van der Waals surface area contributed by atoms with E-state index in [0.717, 1.165) is 29.1 Å². The highest BCUT2D eigenvalue weighted by molar-refractivity contribution is 7.80. The summed E-state index contributed by atoms with van der Waals surface area (Å²) in [5.41, 5.74) is 3.91. The fourth-order valence-electron chi connectivity index (χ4n) is 2.85. The second-order valence-corrected chi connectivity index (χ2v) is 6.01. The van der Waals surface area contributed by atoms with Crippen LogP contribution in [0.5, 0.6) is 0 Å². The van der Waals surface area contributed by atoms with Gasteiger partial charge in [-0.25, -0.2) is 4.79 Å².